The number of amides is 1. The molecule has 0 saturated carbocycles. The summed E-state index contributed by atoms with van der Waals surface area (Å²) in [7, 11) is -4.00. The van der Waals surface area contributed by atoms with E-state index in [9.17, 15) is 17.6 Å². The number of carbonyl (C=O) groups is 1. The van der Waals surface area contributed by atoms with Crippen LogP contribution in [0.2, 0.25) is 5.02 Å². The van der Waals surface area contributed by atoms with Crippen LogP contribution in [-0.4, -0.2) is 38.9 Å². The van der Waals surface area contributed by atoms with Crippen molar-refractivity contribution in [1.82, 2.24) is 4.90 Å². The third-order valence-electron chi connectivity index (χ3n) is 4.26. The molecule has 0 unspecified atom stereocenters. The number of hydrogen-bond acceptors (Lipinski definition) is 3. The highest BCUT2D eigenvalue weighted by Gasteiger charge is 2.30. The van der Waals surface area contributed by atoms with Crippen molar-refractivity contribution in [2.75, 3.05) is 23.9 Å². The average molecular weight is 397 g/mol. The topological polar surface area (TPSA) is 57.7 Å². The van der Waals surface area contributed by atoms with Crippen molar-refractivity contribution in [3.8, 4) is 0 Å². The molecule has 0 aliphatic carbocycles. The van der Waals surface area contributed by atoms with Crippen LogP contribution >= 0.6 is 11.6 Å². The minimum Gasteiger partial charge on any atom is -0.341 e. The first-order valence-corrected chi connectivity index (χ1v) is 10.0. The SMILES string of the molecule is O=C(CN(c1ccc(F)c(Cl)c1)S(=O)(=O)c1ccccc1)N1CCCC1. The van der Waals surface area contributed by atoms with E-state index in [1.54, 1.807) is 23.1 Å². The number of sulfonamides is 1. The van der Waals surface area contributed by atoms with Crippen LogP contribution in [0.3, 0.4) is 0 Å². The molecule has 0 radical (unpaired) electrons. The molecule has 1 aliphatic heterocycles. The second-order valence-corrected chi connectivity index (χ2v) is 8.28. The molecule has 138 valence electrons. The number of likely N-dealkylation sites (tertiary alicyclic amines) is 1. The lowest BCUT2D eigenvalue weighted by Gasteiger charge is -2.26. The van der Waals surface area contributed by atoms with Crippen LogP contribution < -0.4 is 4.31 Å². The molecule has 1 heterocycles. The summed E-state index contributed by atoms with van der Waals surface area (Å²) >= 11 is 5.83. The predicted molar refractivity (Wildman–Crippen MR) is 98.2 cm³/mol. The Labute approximate surface area is 157 Å². The molecule has 2 aromatic rings. The van der Waals surface area contributed by atoms with Crippen LogP contribution in [0.25, 0.3) is 0 Å². The van der Waals surface area contributed by atoms with Gasteiger partial charge in [0.05, 0.1) is 15.6 Å². The Balaban J connectivity index is 2.00. The van der Waals surface area contributed by atoms with E-state index < -0.39 is 15.8 Å². The van der Waals surface area contributed by atoms with Gasteiger partial charge in [-0.3, -0.25) is 9.10 Å². The molecule has 0 spiro atoms. The molecule has 0 aromatic heterocycles. The number of halogens is 2. The maximum absolute atomic E-state index is 13.5. The molecule has 2 aromatic carbocycles. The van der Waals surface area contributed by atoms with Gasteiger partial charge in [0.2, 0.25) is 5.91 Å². The van der Waals surface area contributed by atoms with E-state index in [2.05, 4.69) is 0 Å². The summed E-state index contributed by atoms with van der Waals surface area (Å²) in [5.74, 6) is -0.944. The lowest BCUT2D eigenvalue weighted by atomic mass is 10.3. The maximum atomic E-state index is 13.5. The summed E-state index contributed by atoms with van der Waals surface area (Å²) in [6.45, 7) is 0.865. The Morgan fingerprint density at radius 1 is 1.12 bits per heavy atom. The summed E-state index contributed by atoms with van der Waals surface area (Å²) in [5, 5.41) is -0.204. The average Bonchev–Trinajstić information content (AvgIpc) is 3.17. The van der Waals surface area contributed by atoms with E-state index in [-0.39, 0.29) is 28.1 Å². The molecule has 0 atom stereocenters. The van der Waals surface area contributed by atoms with Crippen LogP contribution in [0.5, 0.6) is 0 Å². The van der Waals surface area contributed by atoms with Crippen LogP contribution in [0, 0.1) is 5.82 Å². The van der Waals surface area contributed by atoms with Crippen molar-refractivity contribution in [1.29, 1.82) is 0 Å². The molecule has 1 fully saturated rings. The molecular weight excluding hydrogens is 379 g/mol. The van der Waals surface area contributed by atoms with E-state index in [1.165, 1.54) is 24.3 Å². The highest BCUT2D eigenvalue weighted by Crippen LogP contribution is 2.28. The molecule has 5 nitrogen and oxygen atoms in total. The summed E-state index contributed by atoms with van der Waals surface area (Å²) < 4.78 is 40.7. The second kappa shape index (κ2) is 7.63. The predicted octanol–water partition coefficient (Wildman–Crippen LogP) is 3.30. The molecule has 8 heteroatoms. The number of hydrogen-bond donors (Lipinski definition) is 0. The standard InChI is InChI=1S/C18H18ClFN2O3S/c19-16-12-14(8-9-17(16)20)22(13-18(23)21-10-4-5-11-21)26(24,25)15-6-2-1-3-7-15/h1-3,6-9,12H,4-5,10-11,13H2. The van der Waals surface area contributed by atoms with Crippen molar-refractivity contribution in [3.63, 3.8) is 0 Å². The normalized spacial score (nSPS) is 14.5. The fourth-order valence-corrected chi connectivity index (χ4v) is 4.47. The summed E-state index contributed by atoms with van der Waals surface area (Å²) in [6, 6.07) is 11.4. The number of carbonyl (C=O) groups excluding carboxylic acids is 1. The van der Waals surface area contributed by atoms with Gasteiger partial charge in [0.15, 0.2) is 0 Å². The van der Waals surface area contributed by atoms with E-state index in [1.807, 2.05) is 0 Å². The number of benzene rings is 2. The molecule has 3 rings (SSSR count). The fraction of sp³-hybridized carbons (Fsp3) is 0.278. The maximum Gasteiger partial charge on any atom is 0.264 e. The molecule has 1 aliphatic rings. The smallest absolute Gasteiger partial charge is 0.264 e. The third kappa shape index (κ3) is 3.83. The largest absolute Gasteiger partial charge is 0.341 e. The van der Waals surface area contributed by atoms with Crippen LogP contribution in [0.1, 0.15) is 12.8 Å². The third-order valence-corrected chi connectivity index (χ3v) is 6.34. The Morgan fingerprint density at radius 2 is 1.77 bits per heavy atom. The van der Waals surface area contributed by atoms with Crippen molar-refractivity contribution in [3.05, 3.63) is 59.4 Å². The molecule has 26 heavy (non-hydrogen) atoms. The molecule has 1 saturated heterocycles. The summed E-state index contributed by atoms with van der Waals surface area (Å²) in [6.07, 6.45) is 1.80. The van der Waals surface area contributed by atoms with Crippen LogP contribution in [-0.2, 0) is 14.8 Å². The highest BCUT2D eigenvalue weighted by molar-refractivity contribution is 7.92. The van der Waals surface area contributed by atoms with Gasteiger partial charge in [-0.15, -0.1) is 0 Å². The highest BCUT2D eigenvalue weighted by atomic mass is 35.5. The molecule has 0 bridgehead atoms. The minimum absolute atomic E-state index is 0.0506. The Bertz CT molecular complexity index is 900. The number of rotatable bonds is 5. The van der Waals surface area contributed by atoms with Gasteiger partial charge in [0, 0.05) is 13.1 Å². The van der Waals surface area contributed by atoms with Gasteiger partial charge in [0.1, 0.15) is 12.4 Å². The van der Waals surface area contributed by atoms with Gasteiger partial charge in [-0.2, -0.15) is 0 Å². The lowest BCUT2D eigenvalue weighted by Crippen LogP contribution is -2.42. The monoisotopic (exact) mass is 396 g/mol. The molecule has 1 amide bonds. The first-order chi connectivity index (χ1) is 12.4. The second-order valence-electron chi connectivity index (χ2n) is 6.01. The Kier molecular flexibility index (Phi) is 5.48. The molecular formula is C18H18ClFN2O3S. The first-order valence-electron chi connectivity index (χ1n) is 8.20. The summed E-state index contributed by atoms with van der Waals surface area (Å²) in [4.78, 5) is 14.3. The van der Waals surface area contributed by atoms with Gasteiger partial charge in [-0.05, 0) is 43.2 Å². The van der Waals surface area contributed by atoms with Crippen molar-refractivity contribution in [2.45, 2.75) is 17.7 Å². The van der Waals surface area contributed by atoms with E-state index in [0.29, 0.717) is 13.1 Å². The number of nitrogens with zero attached hydrogens (tertiary/aromatic N) is 2. The van der Waals surface area contributed by atoms with Gasteiger partial charge < -0.3 is 4.90 Å². The van der Waals surface area contributed by atoms with Crippen LogP contribution in [0.4, 0.5) is 10.1 Å². The molecule has 0 N–H and O–H groups in total. The van der Waals surface area contributed by atoms with Gasteiger partial charge >= 0.3 is 0 Å². The Hall–Kier alpha value is -2.12. The van der Waals surface area contributed by atoms with Gasteiger partial charge in [-0.25, -0.2) is 12.8 Å². The fourth-order valence-electron chi connectivity index (χ4n) is 2.86. The quantitative estimate of drug-likeness (QED) is 0.779. The van der Waals surface area contributed by atoms with E-state index in [0.717, 1.165) is 23.2 Å². The van der Waals surface area contributed by atoms with Crippen LogP contribution in [0.15, 0.2) is 53.4 Å². The minimum atomic E-state index is -4.00. The summed E-state index contributed by atoms with van der Waals surface area (Å²) in [5.41, 5.74) is 0.146. The van der Waals surface area contributed by atoms with Crippen molar-refractivity contribution >= 4 is 33.2 Å². The Morgan fingerprint density at radius 3 is 2.38 bits per heavy atom. The number of anilines is 1. The van der Waals surface area contributed by atoms with Gasteiger partial charge in [-0.1, -0.05) is 29.8 Å². The van der Waals surface area contributed by atoms with Crippen molar-refractivity contribution < 1.29 is 17.6 Å². The van der Waals surface area contributed by atoms with Crippen molar-refractivity contribution in [2.24, 2.45) is 0 Å². The van der Waals surface area contributed by atoms with E-state index >= 15 is 0 Å². The zero-order chi connectivity index (χ0) is 18.7. The van der Waals surface area contributed by atoms with E-state index in [4.69, 9.17) is 11.6 Å². The zero-order valence-electron chi connectivity index (χ0n) is 13.9. The zero-order valence-corrected chi connectivity index (χ0v) is 15.5. The first kappa shape index (κ1) is 18.7. The lowest BCUT2D eigenvalue weighted by molar-refractivity contribution is -0.128. The van der Waals surface area contributed by atoms with Gasteiger partial charge in [0.25, 0.3) is 10.0 Å².